The zero-order valence-corrected chi connectivity index (χ0v) is 16.7. The number of nitrogens with one attached hydrogen (secondary N) is 2. The summed E-state index contributed by atoms with van der Waals surface area (Å²) >= 11 is 1.60. The molecule has 0 saturated carbocycles. The van der Waals surface area contributed by atoms with E-state index < -0.39 is 5.60 Å². The molecule has 3 amide bonds. The van der Waals surface area contributed by atoms with Gasteiger partial charge in [0.15, 0.2) is 0 Å². The molecule has 0 atom stereocenters. The molecule has 2 heterocycles. The first-order valence-corrected chi connectivity index (χ1v) is 9.90. The molecule has 0 aliphatic carbocycles. The van der Waals surface area contributed by atoms with Gasteiger partial charge in [0.1, 0.15) is 5.60 Å². The van der Waals surface area contributed by atoms with Crippen LogP contribution in [0.25, 0.3) is 0 Å². The Morgan fingerprint density at radius 3 is 2.78 bits per heavy atom. The van der Waals surface area contributed by atoms with Crippen LogP contribution in [-0.4, -0.2) is 24.3 Å². The van der Waals surface area contributed by atoms with Crippen molar-refractivity contribution in [1.82, 2.24) is 5.32 Å². The summed E-state index contributed by atoms with van der Waals surface area (Å²) in [6.07, 6.45) is 1.39. The summed E-state index contributed by atoms with van der Waals surface area (Å²) in [5, 5.41) is 7.68. The molecule has 0 unspecified atom stereocenters. The monoisotopic (exact) mass is 387 g/mol. The topological polar surface area (TPSA) is 70.7 Å². The number of carbonyl (C=O) groups excluding carboxylic acids is 2. The van der Waals surface area contributed by atoms with Crippen molar-refractivity contribution in [3.8, 4) is 0 Å². The van der Waals surface area contributed by atoms with E-state index in [4.69, 9.17) is 4.74 Å². The number of ether oxygens (including phenoxy) is 1. The minimum absolute atomic E-state index is 0.247. The van der Waals surface area contributed by atoms with Crippen LogP contribution in [0.1, 0.15) is 37.6 Å². The lowest BCUT2D eigenvalue weighted by molar-refractivity contribution is 0.0578. The van der Waals surface area contributed by atoms with Gasteiger partial charge < -0.3 is 15.4 Å². The lowest BCUT2D eigenvalue weighted by atomic mass is 10.0. The van der Waals surface area contributed by atoms with Crippen LogP contribution < -0.4 is 15.5 Å². The molecule has 1 aromatic carbocycles. The Morgan fingerprint density at radius 1 is 1.26 bits per heavy atom. The van der Waals surface area contributed by atoms with Crippen LogP contribution >= 0.6 is 11.3 Å². The Bertz CT molecular complexity index is 812. The summed E-state index contributed by atoms with van der Waals surface area (Å²) in [5.41, 5.74) is 2.06. The fraction of sp³-hybridized carbons (Fsp3) is 0.400. The van der Waals surface area contributed by atoms with Crippen LogP contribution in [0, 0.1) is 0 Å². The van der Waals surface area contributed by atoms with Gasteiger partial charge in [-0.3, -0.25) is 4.90 Å². The maximum absolute atomic E-state index is 12.5. The summed E-state index contributed by atoms with van der Waals surface area (Å²) in [4.78, 5) is 27.3. The van der Waals surface area contributed by atoms with E-state index in [1.54, 1.807) is 16.2 Å². The molecule has 0 saturated heterocycles. The van der Waals surface area contributed by atoms with Crippen LogP contribution in [0.2, 0.25) is 0 Å². The van der Waals surface area contributed by atoms with Crippen LogP contribution in [0.4, 0.5) is 21.0 Å². The summed E-state index contributed by atoms with van der Waals surface area (Å²) in [6, 6.07) is 9.30. The highest BCUT2D eigenvalue weighted by Crippen LogP contribution is 2.31. The van der Waals surface area contributed by atoms with Crippen molar-refractivity contribution in [2.75, 3.05) is 16.8 Å². The number of thiophene rings is 1. The molecule has 2 N–H and O–H groups in total. The summed E-state index contributed by atoms with van der Waals surface area (Å²) < 4.78 is 5.50. The molecule has 3 rings (SSSR count). The Morgan fingerprint density at radius 2 is 2.07 bits per heavy atom. The van der Waals surface area contributed by atoms with E-state index in [9.17, 15) is 9.59 Å². The van der Waals surface area contributed by atoms with Crippen molar-refractivity contribution in [2.45, 2.75) is 45.8 Å². The molecule has 6 nitrogen and oxygen atoms in total. The lowest BCUT2D eigenvalue weighted by Crippen LogP contribution is -2.39. The summed E-state index contributed by atoms with van der Waals surface area (Å²) in [6.45, 7) is 6.71. The number of rotatable bonds is 3. The molecule has 1 aromatic heterocycles. The molecule has 0 radical (unpaired) electrons. The third-order valence-electron chi connectivity index (χ3n) is 4.07. The number of fused-ring (bicyclic) bond motifs is 1. The van der Waals surface area contributed by atoms with Crippen molar-refractivity contribution in [1.29, 1.82) is 0 Å². The number of hydrogen-bond donors (Lipinski definition) is 2. The number of nitrogens with zero attached hydrogens (tertiary/aromatic N) is 1. The van der Waals surface area contributed by atoms with Crippen LogP contribution in [0.5, 0.6) is 0 Å². The van der Waals surface area contributed by atoms with Gasteiger partial charge in [-0.25, -0.2) is 9.59 Å². The molecule has 0 bridgehead atoms. The first kappa shape index (κ1) is 19.2. The van der Waals surface area contributed by atoms with Gasteiger partial charge in [-0.1, -0.05) is 6.07 Å². The van der Waals surface area contributed by atoms with Crippen molar-refractivity contribution in [3.05, 3.63) is 46.2 Å². The molecule has 1 aliphatic heterocycles. The van der Waals surface area contributed by atoms with E-state index >= 15 is 0 Å². The highest BCUT2D eigenvalue weighted by molar-refractivity contribution is 7.09. The first-order chi connectivity index (χ1) is 12.8. The van der Waals surface area contributed by atoms with E-state index in [1.165, 1.54) is 0 Å². The number of amides is 3. The van der Waals surface area contributed by atoms with Crippen molar-refractivity contribution >= 4 is 34.8 Å². The van der Waals surface area contributed by atoms with Crippen LogP contribution in [-0.2, 0) is 17.7 Å². The first-order valence-electron chi connectivity index (χ1n) is 9.02. The Labute approximate surface area is 163 Å². The highest BCUT2D eigenvalue weighted by Gasteiger charge is 2.27. The van der Waals surface area contributed by atoms with Crippen molar-refractivity contribution in [2.24, 2.45) is 0 Å². The zero-order chi connectivity index (χ0) is 19.4. The predicted molar refractivity (Wildman–Crippen MR) is 109 cm³/mol. The van der Waals surface area contributed by atoms with Crippen LogP contribution in [0.3, 0.4) is 0 Å². The average Bonchev–Trinajstić information content (AvgIpc) is 3.11. The number of hydrogen-bond acceptors (Lipinski definition) is 4. The van der Waals surface area contributed by atoms with Crippen molar-refractivity contribution < 1.29 is 14.3 Å². The van der Waals surface area contributed by atoms with Crippen LogP contribution in [0.15, 0.2) is 35.7 Å². The number of aryl methyl sites for hydroxylation is 1. The van der Waals surface area contributed by atoms with Gasteiger partial charge in [-0.2, -0.15) is 0 Å². The Kier molecular flexibility index (Phi) is 5.70. The Balaban J connectivity index is 1.65. The van der Waals surface area contributed by atoms with E-state index in [0.717, 1.165) is 29.0 Å². The van der Waals surface area contributed by atoms with Gasteiger partial charge in [0.25, 0.3) is 0 Å². The minimum Gasteiger partial charge on any atom is -0.443 e. The van der Waals surface area contributed by atoms with E-state index in [1.807, 2.05) is 56.5 Å². The normalized spacial score (nSPS) is 13.7. The second kappa shape index (κ2) is 8.00. The largest absolute Gasteiger partial charge is 0.443 e. The van der Waals surface area contributed by atoms with E-state index in [-0.39, 0.29) is 12.1 Å². The number of benzene rings is 1. The zero-order valence-electron chi connectivity index (χ0n) is 15.9. The third kappa shape index (κ3) is 5.23. The van der Waals surface area contributed by atoms with Gasteiger partial charge in [0, 0.05) is 17.1 Å². The number of carbonyl (C=O) groups is 2. The maximum atomic E-state index is 12.5. The molecule has 0 spiro atoms. The fourth-order valence-corrected chi connectivity index (χ4v) is 3.58. The third-order valence-corrected chi connectivity index (χ3v) is 4.95. The molecular weight excluding hydrogens is 362 g/mol. The predicted octanol–water partition coefficient (Wildman–Crippen LogP) is 4.76. The van der Waals surface area contributed by atoms with Gasteiger partial charge in [-0.05, 0) is 68.8 Å². The van der Waals surface area contributed by atoms with Gasteiger partial charge in [0.2, 0.25) is 0 Å². The fourth-order valence-electron chi connectivity index (χ4n) is 2.94. The molecule has 0 fully saturated rings. The maximum Gasteiger partial charge on any atom is 0.414 e. The molecule has 1 aliphatic rings. The second-order valence-corrected chi connectivity index (χ2v) is 8.50. The minimum atomic E-state index is -0.531. The SMILES string of the molecule is CC(C)(C)OC(=O)N1CCCc2cc(NC(=O)NCc3cccs3)ccc21. The molecule has 7 heteroatoms. The van der Waals surface area contributed by atoms with E-state index in [2.05, 4.69) is 10.6 Å². The average molecular weight is 388 g/mol. The summed E-state index contributed by atoms with van der Waals surface area (Å²) in [7, 11) is 0. The molecular formula is C20H25N3O3S. The van der Waals surface area contributed by atoms with Crippen molar-refractivity contribution in [3.63, 3.8) is 0 Å². The number of anilines is 2. The lowest BCUT2D eigenvalue weighted by Gasteiger charge is -2.32. The van der Waals surface area contributed by atoms with Gasteiger partial charge >= 0.3 is 12.1 Å². The highest BCUT2D eigenvalue weighted by atomic mass is 32.1. The molecule has 2 aromatic rings. The quantitative estimate of drug-likeness (QED) is 0.798. The van der Waals surface area contributed by atoms with Gasteiger partial charge in [-0.15, -0.1) is 11.3 Å². The Hall–Kier alpha value is -2.54. The smallest absolute Gasteiger partial charge is 0.414 e. The van der Waals surface area contributed by atoms with E-state index in [0.29, 0.717) is 18.8 Å². The second-order valence-electron chi connectivity index (χ2n) is 7.47. The standard InChI is InChI=1S/C20H25N3O3S/c1-20(2,3)26-19(25)23-10-4-6-14-12-15(8-9-17(14)23)22-18(24)21-13-16-7-5-11-27-16/h5,7-9,11-12H,4,6,10,13H2,1-3H3,(H2,21,22,24). The molecule has 27 heavy (non-hydrogen) atoms. The van der Waals surface area contributed by atoms with Gasteiger partial charge in [0.05, 0.1) is 12.2 Å². The molecule has 144 valence electrons. The number of urea groups is 1. The summed E-state index contributed by atoms with van der Waals surface area (Å²) in [5.74, 6) is 0.